The van der Waals surface area contributed by atoms with Crippen LogP contribution >= 0.6 is 0 Å². The standard InChI is InChI=1S/C22H25NO5/c1-13-15-5-6-18(25-3)22(26-4)17(15)11-23(2)8-7-14-9-19-20(28-12-27-19)10-16(14)21(13)24/h5-6,9-10,13H,7-8,11-12H2,1-4H3/t13-/m0/s1. The molecule has 0 saturated carbocycles. The third-order valence-corrected chi connectivity index (χ3v) is 5.60. The van der Waals surface area contributed by atoms with E-state index >= 15 is 0 Å². The Morgan fingerprint density at radius 3 is 2.57 bits per heavy atom. The van der Waals surface area contributed by atoms with E-state index in [1.807, 2.05) is 31.2 Å². The average molecular weight is 383 g/mol. The Morgan fingerprint density at radius 2 is 1.86 bits per heavy atom. The van der Waals surface area contributed by atoms with E-state index in [1.165, 1.54) is 0 Å². The zero-order chi connectivity index (χ0) is 19.8. The summed E-state index contributed by atoms with van der Waals surface area (Å²) < 4.78 is 22.2. The molecule has 2 aliphatic heterocycles. The highest BCUT2D eigenvalue weighted by molar-refractivity contribution is 6.03. The van der Waals surface area contributed by atoms with Crippen molar-refractivity contribution in [3.63, 3.8) is 0 Å². The van der Waals surface area contributed by atoms with Crippen LogP contribution in [0.5, 0.6) is 23.0 Å². The monoisotopic (exact) mass is 383 g/mol. The number of fused-ring (bicyclic) bond motifs is 3. The van der Waals surface area contributed by atoms with Crippen LogP contribution in [-0.2, 0) is 13.0 Å². The molecule has 4 rings (SSSR count). The lowest BCUT2D eigenvalue weighted by Crippen LogP contribution is -2.26. The largest absolute Gasteiger partial charge is 0.493 e. The molecule has 2 aromatic carbocycles. The van der Waals surface area contributed by atoms with Gasteiger partial charge in [0.25, 0.3) is 0 Å². The lowest BCUT2D eigenvalue weighted by atomic mass is 9.85. The topological polar surface area (TPSA) is 57.2 Å². The van der Waals surface area contributed by atoms with Gasteiger partial charge in [0, 0.05) is 30.1 Å². The van der Waals surface area contributed by atoms with Gasteiger partial charge in [0.05, 0.1) is 14.2 Å². The van der Waals surface area contributed by atoms with E-state index in [4.69, 9.17) is 18.9 Å². The van der Waals surface area contributed by atoms with Gasteiger partial charge in [0.1, 0.15) is 0 Å². The first-order chi connectivity index (χ1) is 13.5. The fourth-order valence-corrected chi connectivity index (χ4v) is 4.03. The Balaban J connectivity index is 1.86. The summed E-state index contributed by atoms with van der Waals surface area (Å²) in [5.74, 6) is 2.47. The van der Waals surface area contributed by atoms with Gasteiger partial charge in [-0.2, -0.15) is 0 Å². The van der Waals surface area contributed by atoms with Gasteiger partial charge in [-0.3, -0.25) is 4.79 Å². The molecule has 28 heavy (non-hydrogen) atoms. The number of rotatable bonds is 2. The van der Waals surface area contributed by atoms with Gasteiger partial charge >= 0.3 is 0 Å². The second kappa shape index (κ2) is 7.36. The van der Waals surface area contributed by atoms with Crippen LogP contribution in [0.25, 0.3) is 0 Å². The van der Waals surface area contributed by atoms with Gasteiger partial charge in [-0.1, -0.05) is 13.0 Å². The molecule has 0 amide bonds. The van der Waals surface area contributed by atoms with Crippen LogP contribution in [0.4, 0.5) is 0 Å². The number of methoxy groups -OCH3 is 2. The van der Waals surface area contributed by atoms with Gasteiger partial charge in [0.15, 0.2) is 28.8 Å². The fourth-order valence-electron chi connectivity index (χ4n) is 4.03. The molecule has 0 spiro atoms. The first-order valence-corrected chi connectivity index (χ1v) is 9.42. The summed E-state index contributed by atoms with van der Waals surface area (Å²) in [7, 11) is 5.34. The van der Waals surface area contributed by atoms with Crippen molar-refractivity contribution in [1.29, 1.82) is 0 Å². The molecule has 2 heterocycles. The van der Waals surface area contributed by atoms with Crippen LogP contribution in [0.1, 0.15) is 39.9 Å². The Labute approximate surface area is 165 Å². The number of likely N-dealkylation sites (N-methyl/N-ethyl adjacent to an activating group) is 1. The lowest BCUT2D eigenvalue weighted by Gasteiger charge is -2.26. The minimum Gasteiger partial charge on any atom is -0.493 e. The average Bonchev–Trinajstić information content (AvgIpc) is 3.16. The van der Waals surface area contributed by atoms with Crippen LogP contribution in [0.2, 0.25) is 0 Å². The Morgan fingerprint density at radius 1 is 1.11 bits per heavy atom. The molecule has 0 radical (unpaired) electrons. The molecule has 148 valence electrons. The molecule has 0 aliphatic carbocycles. The first-order valence-electron chi connectivity index (χ1n) is 9.42. The molecule has 6 heteroatoms. The SMILES string of the molecule is COc1ccc2c(c1OC)CN(C)CCc1cc3c(cc1C(=O)[C@H]2C)OCO3. The molecule has 0 bridgehead atoms. The van der Waals surface area contributed by atoms with Crippen LogP contribution in [0, 0.1) is 0 Å². The van der Waals surface area contributed by atoms with Gasteiger partial charge < -0.3 is 23.8 Å². The third kappa shape index (κ3) is 3.07. The van der Waals surface area contributed by atoms with Crippen molar-refractivity contribution in [3.05, 3.63) is 46.5 Å². The predicted molar refractivity (Wildman–Crippen MR) is 105 cm³/mol. The summed E-state index contributed by atoms with van der Waals surface area (Å²) in [6, 6.07) is 7.63. The molecule has 2 aliphatic rings. The smallest absolute Gasteiger partial charge is 0.231 e. The molecule has 0 fully saturated rings. The number of ether oxygens (including phenoxy) is 4. The lowest BCUT2D eigenvalue weighted by molar-refractivity contribution is 0.0963. The van der Waals surface area contributed by atoms with Gasteiger partial charge in [0.2, 0.25) is 6.79 Å². The number of ketones is 1. The summed E-state index contributed by atoms with van der Waals surface area (Å²) in [6.45, 7) is 3.62. The maximum Gasteiger partial charge on any atom is 0.231 e. The summed E-state index contributed by atoms with van der Waals surface area (Å²) >= 11 is 0. The van der Waals surface area contributed by atoms with E-state index < -0.39 is 0 Å². The van der Waals surface area contributed by atoms with Crippen LogP contribution in [0.15, 0.2) is 24.3 Å². The Kier molecular flexibility index (Phi) is 4.89. The maximum absolute atomic E-state index is 13.5. The number of carbonyl (C=O) groups excluding carboxylic acids is 1. The molecule has 0 saturated heterocycles. The molecular weight excluding hydrogens is 358 g/mol. The quantitative estimate of drug-likeness (QED) is 0.792. The van der Waals surface area contributed by atoms with Crippen molar-refractivity contribution in [3.8, 4) is 23.0 Å². The first kappa shape index (κ1) is 18.6. The van der Waals surface area contributed by atoms with Crippen LogP contribution in [0.3, 0.4) is 0 Å². The summed E-state index contributed by atoms with van der Waals surface area (Å²) in [4.78, 5) is 15.7. The number of Topliss-reactive ketones (excluding diaryl/α,β-unsaturated/α-hetero) is 1. The van der Waals surface area contributed by atoms with Crippen LogP contribution < -0.4 is 18.9 Å². The highest BCUT2D eigenvalue weighted by Gasteiger charge is 2.29. The zero-order valence-corrected chi connectivity index (χ0v) is 16.7. The summed E-state index contributed by atoms with van der Waals surface area (Å²) in [5.41, 5.74) is 3.65. The van der Waals surface area contributed by atoms with Gasteiger partial charge in [-0.25, -0.2) is 0 Å². The van der Waals surface area contributed by atoms with E-state index in [9.17, 15) is 4.79 Å². The van der Waals surface area contributed by atoms with Gasteiger partial charge in [-0.05, 0) is 42.8 Å². The molecule has 6 nitrogen and oxygen atoms in total. The third-order valence-electron chi connectivity index (χ3n) is 5.60. The highest BCUT2D eigenvalue weighted by atomic mass is 16.7. The van der Waals surface area contributed by atoms with E-state index in [0.717, 1.165) is 29.7 Å². The number of carbonyl (C=O) groups is 1. The molecule has 0 N–H and O–H groups in total. The number of hydrogen-bond acceptors (Lipinski definition) is 6. The summed E-state index contributed by atoms with van der Waals surface area (Å²) in [6.07, 6.45) is 0.753. The number of nitrogens with zero attached hydrogens (tertiary/aromatic N) is 1. The molecular formula is C22H25NO5. The van der Waals surface area contributed by atoms with Gasteiger partial charge in [-0.15, -0.1) is 0 Å². The molecule has 0 aromatic heterocycles. The van der Waals surface area contributed by atoms with Crippen molar-refractivity contribution in [2.24, 2.45) is 0 Å². The highest BCUT2D eigenvalue weighted by Crippen LogP contribution is 2.41. The molecule has 0 unspecified atom stereocenters. The molecule has 1 atom stereocenters. The minimum atomic E-state index is -0.319. The Hall–Kier alpha value is -2.73. The number of benzene rings is 2. The predicted octanol–water partition coefficient (Wildman–Crippen LogP) is 3.41. The van der Waals surface area contributed by atoms with E-state index in [-0.39, 0.29) is 18.5 Å². The van der Waals surface area contributed by atoms with Crippen LogP contribution in [-0.4, -0.2) is 45.3 Å². The maximum atomic E-state index is 13.5. The van der Waals surface area contributed by atoms with Crippen molar-refractivity contribution < 1.29 is 23.7 Å². The van der Waals surface area contributed by atoms with Crippen molar-refractivity contribution >= 4 is 5.78 Å². The van der Waals surface area contributed by atoms with Crippen molar-refractivity contribution in [2.45, 2.75) is 25.8 Å². The van der Waals surface area contributed by atoms with E-state index in [0.29, 0.717) is 35.1 Å². The number of hydrogen-bond donors (Lipinski definition) is 0. The van der Waals surface area contributed by atoms with E-state index in [1.54, 1.807) is 14.2 Å². The normalized spacial score (nSPS) is 19.0. The summed E-state index contributed by atoms with van der Waals surface area (Å²) in [5, 5.41) is 0. The second-order valence-corrected chi connectivity index (χ2v) is 7.31. The van der Waals surface area contributed by atoms with Crippen molar-refractivity contribution in [2.75, 3.05) is 34.6 Å². The minimum absolute atomic E-state index is 0.0753. The Bertz CT molecular complexity index is 924. The van der Waals surface area contributed by atoms with E-state index in [2.05, 4.69) is 11.9 Å². The zero-order valence-electron chi connectivity index (χ0n) is 16.7. The van der Waals surface area contributed by atoms with Crippen molar-refractivity contribution in [1.82, 2.24) is 4.90 Å². The second-order valence-electron chi connectivity index (χ2n) is 7.31. The molecule has 2 aromatic rings. The fraction of sp³-hybridized carbons (Fsp3) is 0.409.